The quantitative estimate of drug-likeness (QED) is 0.626. The maximum Gasteiger partial charge on any atom is 0.317 e. The summed E-state index contributed by atoms with van der Waals surface area (Å²) in [5.41, 5.74) is 0. The Kier molecular flexibility index (Phi) is 4.51. The summed E-state index contributed by atoms with van der Waals surface area (Å²) in [6, 6.07) is -0.346. The van der Waals surface area contributed by atoms with E-state index in [1.807, 2.05) is 13.8 Å². The number of Topliss-reactive ketones (excluding diaryl/α,β-unsaturated/α-hetero) is 1. The SMILES string of the molecule is CC(=O)C(NCC(=O)O)C(C)C. The van der Waals surface area contributed by atoms with Crippen molar-refractivity contribution in [2.75, 3.05) is 6.54 Å². The lowest BCUT2D eigenvalue weighted by Crippen LogP contribution is -2.42. The molecule has 0 bridgehead atoms. The average molecular weight is 173 g/mol. The molecule has 0 fully saturated rings. The largest absolute Gasteiger partial charge is 0.480 e. The minimum atomic E-state index is -0.943. The van der Waals surface area contributed by atoms with Gasteiger partial charge in [-0.2, -0.15) is 0 Å². The molecule has 0 aliphatic carbocycles. The van der Waals surface area contributed by atoms with E-state index >= 15 is 0 Å². The molecular weight excluding hydrogens is 158 g/mol. The molecule has 4 nitrogen and oxygen atoms in total. The van der Waals surface area contributed by atoms with Gasteiger partial charge in [0.15, 0.2) is 0 Å². The van der Waals surface area contributed by atoms with Crippen molar-refractivity contribution >= 4 is 11.8 Å². The molecule has 70 valence electrons. The monoisotopic (exact) mass is 173 g/mol. The molecule has 0 spiro atoms. The van der Waals surface area contributed by atoms with E-state index in [1.54, 1.807) is 0 Å². The van der Waals surface area contributed by atoms with E-state index in [0.29, 0.717) is 0 Å². The maximum atomic E-state index is 10.9. The summed E-state index contributed by atoms with van der Waals surface area (Å²) < 4.78 is 0. The average Bonchev–Trinajstić information content (AvgIpc) is 1.84. The van der Waals surface area contributed by atoms with Crippen molar-refractivity contribution in [3.05, 3.63) is 0 Å². The fourth-order valence-electron chi connectivity index (χ4n) is 1.05. The Labute approximate surface area is 72.0 Å². The van der Waals surface area contributed by atoms with Crippen LogP contribution in [0, 0.1) is 5.92 Å². The summed E-state index contributed by atoms with van der Waals surface area (Å²) in [5.74, 6) is -0.838. The Morgan fingerprint density at radius 2 is 1.92 bits per heavy atom. The van der Waals surface area contributed by atoms with Crippen LogP contribution >= 0.6 is 0 Å². The topological polar surface area (TPSA) is 66.4 Å². The van der Waals surface area contributed by atoms with E-state index in [9.17, 15) is 9.59 Å². The molecule has 12 heavy (non-hydrogen) atoms. The van der Waals surface area contributed by atoms with Crippen LogP contribution in [-0.4, -0.2) is 29.4 Å². The van der Waals surface area contributed by atoms with Crippen molar-refractivity contribution < 1.29 is 14.7 Å². The summed E-state index contributed by atoms with van der Waals surface area (Å²) in [6.45, 7) is 5.05. The summed E-state index contributed by atoms with van der Waals surface area (Å²) >= 11 is 0. The second-order valence-electron chi connectivity index (χ2n) is 3.11. The molecule has 1 atom stereocenters. The third kappa shape index (κ3) is 4.08. The summed E-state index contributed by atoms with van der Waals surface area (Å²) in [4.78, 5) is 21.1. The van der Waals surface area contributed by atoms with E-state index in [2.05, 4.69) is 5.32 Å². The van der Waals surface area contributed by atoms with Crippen molar-refractivity contribution in [2.24, 2.45) is 5.92 Å². The standard InChI is InChI=1S/C8H15NO3/c1-5(2)8(6(3)10)9-4-7(11)12/h5,8-9H,4H2,1-3H3,(H,11,12). The Morgan fingerprint density at radius 1 is 1.42 bits per heavy atom. The molecule has 0 amide bonds. The zero-order chi connectivity index (χ0) is 9.72. The van der Waals surface area contributed by atoms with Crippen LogP contribution in [-0.2, 0) is 9.59 Å². The number of carbonyl (C=O) groups excluding carboxylic acids is 1. The molecule has 0 heterocycles. The number of rotatable bonds is 5. The highest BCUT2D eigenvalue weighted by atomic mass is 16.4. The first-order valence-corrected chi connectivity index (χ1v) is 3.90. The second-order valence-corrected chi connectivity index (χ2v) is 3.11. The maximum absolute atomic E-state index is 10.9. The number of carboxylic acid groups (broad SMARTS) is 1. The van der Waals surface area contributed by atoms with Gasteiger partial charge in [-0.25, -0.2) is 0 Å². The van der Waals surface area contributed by atoms with E-state index in [-0.39, 0.29) is 24.3 Å². The molecule has 0 aromatic heterocycles. The van der Waals surface area contributed by atoms with Gasteiger partial charge >= 0.3 is 5.97 Å². The van der Waals surface area contributed by atoms with Crippen LogP contribution in [0.2, 0.25) is 0 Å². The summed E-state index contributed by atoms with van der Waals surface area (Å²) in [5, 5.41) is 11.0. The molecule has 2 N–H and O–H groups in total. The molecular formula is C8H15NO3. The molecule has 0 aliphatic rings. The van der Waals surface area contributed by atoms with Gasteiger partial charge in [-0.3, -0.25) is 14.9 Å². The highest BCUT2D eigenvalue weighted by molar-refractivity contribution is 5.82. The van der Waals surface area contributed by atoms with Crippen LogP contribution in [0.25, 0.3) is 0 Å². The highest BCUT2D eigenvalue weighted by Crippen LogP contribution is 2.01. The molecule has 0 rings (SSSR count). The normalized spacial score (nSPS) is 13.0. The van der Waals surface area contributed by atoms with Gasteiger partial charge in [0.1, 0.15) is 5.78 Å². The molecule has 0 aromatic rings. The lowest BCUT2D eigenvalue weighted by atomic mass is 10.0. The van der Waals surface area contributed by atoms with Crippen molar-refractivity contribution in [3.8, 4) is 0 Å². The minimum absolute atomic E-state index is 0.0220. The first-order chi connectivity index (χ1) is 5.45. The predicted molar refractivity (Wildman–Crippen MR) is 44.9 cm³/mol. The van der Waals surface area contributed by atoms with Gasteiger partial charge < -0.3 is 5.11 Å². The third-order valence-electron chi connectivity index (χ3n) is 1.58. The first kappa shape index (κ1) is 11.1. The number of carbonyl (C=O) groups is 2. The smallest absolute Gasteiger partial charge is 0.317 e. The molecule has 0 saturated heterocycles. The number of ketones is 1. The van der Waals surface area contributed by atoms with Crippen LogP contribution in [0.15, 0.2) is 0 Å². The number of carboxylic acids is 1. The van der Waals surface area contributed by atoms with Gasteiger partial charge in [-0.1, -0.05) is 13.8 Å². The van der Waals surface area contributed by atoms with Gasteiger partial charge in [0, 0.05) is 0 Å². The first-order valence-electron chi connectivity index (χ1n) is 3.90. The third-order valence-corrected chi connectivity index (χ3v) is 1.58. The minimum Gasteiger partial charge on any atom is -0.480 e. The van der Waals surface area contributed by atoms with Crippen LogP contribution in [0.1, 0.15) is 20.8 Å². The molecule has 0 aliphatic heterocycles. The Balaban J connectivity index is 3.97. The lowest BCUT2D eigenvalue weighted by molar-refractivity contribution is -0.136. The number of aliphatic carboxylic acids is 1. The highest BCUT2D eigenvalue weighted by Gasteiger charge is 2.17. The van der Waals surface area contributed by atoms with E-state index in [0.717, 1.165) is 0 Å². The van der Waals surface area contributed by atoms with Crippen LogP contribution < -0.4 is 5.32 Å². The number of hydrogen-bond donors (Lipinski definition) is 2. The van der Waals surface area contributed by atoms with Gasteiger partial charge in [0.05, 0.1) is 12.6 Å². The molecule has 0 radical (unpaired) electrons. The lowest BCUT2D eigenvalue weighted by Gasteiger charge is -2.17. The van der Waals surface area contributed by atoms with Gasteiger partial charge in [0.25, 0.3) is 0 Å². The van der Waals surface area contributed by atoms with Gasteiger partial charge in [-0.15, -0.1) is 0 Å². The van der Waals surface area contributed by atoms with Crippen LogP contribution in [0.3, 0.4) is 0 Å². The van der Waals surface area contributed by atoms with Gasteiger partial charge in [0.2, 0.25) is 0 Å². The molecule has 1 unspecified atom stereocenters. The van der Waals surface area contributed by atoms with Crippen LogP contribution in [0.5, 0.6) is 0 Å². The zero-order valence-corrected chi connectivity index (χ0v) is 7.63. The number of hydrogen-bond acceptors (Lipinski definition) is 3. The fourth-order valence-corrected chi connectivity index (χ4v) is 1.05. The summed E-state index contributed by atoms with van der Waals surface area (Å²) in [7, 11) is 0. The van der Waals surface area contributed by atoms with Gasteiger partial charge in [-0.05, 0) is 12.8 Å². The van der Waals surface area contributed by atoms with Crippen LogP contribution in [0.4, 0.5) is 0 Å². The van der Waals surface area contributed by atoms with Crippen molar-refractivity contribution in [3.63, 3.8) is 0 Å². The molecule has 0 saturated carbocycles. The van der Waals surface area contributed by atoms with E-state index in [4.69, 9.17) is 5.11 Å². The fraction of sp³-hybridized carbons (Fsp3) is 0.750. The van der Waals surface area contributed by atoms with Crippen molar-refractivity contribution in [1.29, 1.82) is 0 Å². The van der Waals surface area contributed by atoms with E-state index in [1.165, 1.54) is 6.92 Å². The predicted octanol–water partition coefficient (Wildman–Crippen LogP) is 0.274. The zero-order valence-electron chi connectivity index (χ0n) is 7.63. The Hall–Kier alpha value is -0.900. The van der Waals surface area contributed by atoms with E-state index < -0.39 is 5.97 Å². The second kappa shape index (κ2) is 4.87. The van der Waals surface area contributed by atoms with Crippen molar-refractivity contribution in [1.82, 2.24) is 5.32 Å². The Bertz CT molecular complexity index is 177. The Morgan fingerprint density at radius 3 is 2.17 bits per heavy atom. The summed E-state index contributed by atoms with van der Waals surface area (Å²) in [6.07, 6.45) is 0. The molecule has 4 heteroatoms. The van der Waals surface area contributed by atoms with Crippen molar-refractivity contribution in [2.45, 2.75) is 26.8 Å². The number of nitrogens with one attached hydrogen (secondary N) is 1. The molecule has 0 aromatic carbocycles.